The maximum Gasteiger partial charge on any atom is 0.152 e. The molecular formula is C12H12BrClN2O. The van der Waals surface area contributed by atoms with Crippen LogP contribution in [0.3, 0.4) is 0 Å². The zero-order chi connectivity index (χ0) is 12.3. The third-order valence-electron chi connectivity index (χ3n) is 2.32. The Morgan fingerprint density at radius 2 is 2.18 bits per heavy atom. The molecule has 2 rings (SSSR count). The number of furan rings is 1. The SMILES string of the molecule is CCc1ccc(CNc2cc(Br)cnc2Cl)o1. The van der Waals surface area contributed by atoms with E-state index in [0.29, 0.717) is 11.7 Å². The Balaban J connectivity index is 2.04. The second kappa shape index (κ2) is 5.56. The smallest absolute Gasteiger partial charge is 0.152 e. The Labute approximate surface area is 113 Å². The van der Waals surface area contributed by atoms with Gasteiger partial charge >= 0.3 is 0 Å². The average molecular weight is 316 g/mol. The lowest BCUT2D eigenvalue weighted by molar-refractivity contribution is 0.476. The zero-order valence-electron chi connectivity index (χ0n) is 9.34. The molecule has 2 aromatic heterocycles. The number of hydrogen-bond donors (Lipinski definition) is 1. The molecule has 5 heteroatoms. The molecule has 0 radical (unpaired) electrons. The molecule has 0 aliphatic heterocycles. The van der Waals surface area contributed by atoms with E-state index in [1.165, 1.54) is 0 Å². The minimum Gasteiger partial charge on any atom is -0.464 e. The highest BCUT2D eigenvalue weighted by atomic mass is 79.9. The summed E-state index contributed by atoms with van der Waals surface area (Å²) in [5.41, 5.74) is 0.787. The summed E-state index contributed by atoms with van der Waals surface area (Å²) in [5.74, 6) is 1.87. The van der Waals surface area contributed by atoms with Crippen LogP contribution in [0.5, 0.6) is 0 Å². The fraction of sp³-hybridized carbons (Fsp3) is 0.250. The van der Waals surface area contributed by atoms with E-state index in [2.05, 4.69) is 33.2 Å². The van der Waals surface area contributed by atoms with E-state index in [4.69, 9.17) is 16.0 Å². The summed E-state index contributed by atoms with van der Waals surface area (Å²) >= 11 is 9.32. The van der Waals surface area contributed by atoms with Crippen molar-refractivity contribution in [2.24, 2.45) is 0 Å². The van der Waals surface area contributed by atoms with Gasteiger partial charge in [-0.15, -0.1) is 0 Å². The first-order valence-corrected chi connectivity index (χ1v) is 6.48. The van der Waals surface area contributed by atoms with Gasteiger partial charge in [-0.2, -0.15) is 0 Å². The largest absolute Gasteiger partial charge is 0.464 e. The van der Waals surface area contributed by atoms with Gasteiger partial charge in [-0.1, -0.05) is 18.5 Å². The predicted octanol–water partition coefficient (Wildman–Crippen LogP) is 4.27. The third kappa shape index (κ3) is 3.23. The molecule has 0 aromatic carbocycles. The highest BCUT2D eigenvalue weighted by molar-refractivity contribution is 9.10. The first kappa shape index (κ1) is 12.5. The summed E-state index contributed by atoms with van der Waals surface area (Å²) in [5, 5.41) is 3.64. The van der Waals surface area contributed by atoms with E-state index < -0.39 is 0 Å². The number of rotatable bonds is 4. The standard InChI is InChI=1S/C12H12BrClN2O/c1-2-9-3-4-10(17-9)7-15-11-5-8(13)6-16-12(11)14/h3-6,15H,2,7H2,1H3. The lowest BCUT2D eigenvalue weighted by Gasteiger charge is -2.06. The van der Waals surface area contributed by atoms with E-state index in [1.54, 1.807) is 6.20 Å². The molecule has 17 heavy (non-hydrogen) atoms. The molecule has 2 aromatic rings. The quantitative estimate of drug-likeness (QED) is 0.856. The minimum atomic E-state index is 0.454. The van der Waals surface area contributed by atoms with Gasteiger partial charge in [0.05, 0.1) is 12.2 Å². The van der Waals surface area contributed by atoms with Gasteiger partial charge in [0.25, 0.3) is 0 Å². The van der Waals surface area contributed by atoms with Crippen molar-refractivity contribution in [2.75, 3.05) is 5.32 Å². The Morgan fingerprint density at radius 1 is 1.41 bits per heavy atom. The number of nitrogens with zero attached hydrogens (tertiary/aromatic N) is 1. The van der Waals surface area contributed by atoms with Gasteiger partial charge in [-0.25, -0.2) is 4.98 Å². The van der Waals surface area contributed by atoms with Crippen molar-refractivity contribution in [3.05, 3.63) is 45.5 Å². The summed E-state index contributed by atoms with van der Waals surface area (Å²) < 4.78 is 6.47. The molecule has 0 aliphatic rings. The number of aryl methyl sites for hydroxylation is 1. The van der Waals surface area contributed by atoms with Crippen LogP contribution in [0.15, 0.2) is 33.3 Å². The fourth-order valence-corrected chi connectivity index (χ4v) is 1.94. The first-order valence-electron chi connectivity index (χ1n) is 5.31. The van der Waals surface area contributed by atoms with E-state index in [-0.39, 0.29) is 0 Å². The average Bonchev–Trinajstić information content (AvgIpc) is 2.78. The molecule has 0 spiro atoms. The summed E-state index contributed by atoms with van der Waals surface area (Å²) in [6, 6.07) is 5.84. The molecule has 0 amide bonds. The van der Waals surface area contributed by atoms with Gasteiger partial charge in [0.15, 0.2) is 5.15 Å². The predicted molar refractivity (Wildman–Crippen MR) is 72.4 cm³/mol. The number of pyridine rings is 1. The molecule has 0 unspecified atom stereocenters. The summed E-state index contributed by atoms with van der Waals surface area (Å²) in [4.78, 5) is 4.04. The first-order chi connectivity index (χ1) is 8.19. The van der Waals surface area contributed by atoms with Crippen LogP contribution in [0.25, 0.3) is 0 Å². The second-order valence-electron chi connectivity index (χ2n) is 3.57. The van der Waals surface area contributed by atoms with Gasteiger partial charge in [-0.3, -0.25) is 0 Å². The van der Waals surface area contributed by atoms with Crippen molar-refractivity contribution in [2.45, 2.75) is 19.9 Å². The summed E-state index contributed by atoms with van der Waals surface area (Å²) in [7, 11) is 0. The third-order valence-corrected chi connectivity index (χ3v) is 3.06. The van der Waals surface area contributed by atoms with Crippen LogP contribution in [0, 0.1) is 0 Å². The number of halogens is 2. The number of hydrogen-bond acceptors (Lipinski definition) is 3. The maximum absolute atomic E-state index is 5.97. The Bertz CT molecular complexity index is 513. The maximum atomic E-state index is 5.97. The van der Waals surface area contributed by atoms with Gasteiger partial charge < -0.3 is 9.73 Å². The van der Waals surface area contributed by atoms with Crippen molar-refractivity contribution in [1.29, 1.82) is 0 Å². The van der Waals surface area contributed by atoms with Crippen LogP contribution in [-0.2, 0) is 13.0 Å². The number of anilines is 1. The van der Waals surface area contributed by atoms with Crippen molar-refractivity contribution >= 4 is 33.2 Å². The molecule has 0 atom stereocenters. The van der Waals surface area contributed by atoms with Crippen LogP contribution < -0.4 is 5.32 Å². The van der Waals surface area contributed by atoms with Crippen LogP contribution >= 0.6 is 27.5 Å². The van der Waals surface area contributed by atoms with Crippen molar-refractivity contribution in [3.8, 4) is 0 Å². The summed E-state index contributed by atoms with van der Waals surface area (Å²) in [6.45, 7) is 2.66. The van der Waals surface area contributed by atoms with Crippen LogP contribution in [-0.4, -0.2) is 4.98 Å². The van der Waals surface area contributed by atoms with Crippen molar-refractivity contribution in [3.63, 3.8) is 0 Å². The zero-order valence-corrected chi connectivity index (χ0v) is 11.7. The van der Waals surface area contributed by atoms with Gasteiger partial charge in [0.2, 0.25) is 0 Å². The molecule has 0 saturated heterocycles. The van der Waals surface area contributed by atoms with E-state index >= 15 is 0 Å². The molecule has 1 N–H and O–H groups in total. The highest BCUT2D eigenvalue weighted by Crippen LogP contribution is 2.23. The molecule has 3 nitrogen and oxygen atoms in total. The topological polar surface area (TPSA) is 38.1 Å². The fourth-order valence-electron chi connectivity index (χ4n) is 1.44. The molecule has 0 bridgehead atoms. The van der Waals surface area contributed by atoms with Gasteiger partial charge in [0, 0.05) is 17.1 Å². The molecule has 0 saturated carbocycles. The van der Waals surface area contributed by atoms with Gasteiger partial charge in [0.1, 0.15) is 11.5 Å². The van der Waals surface area contributed by atoms with E-state index in [0.717, 1.165) is 28.1 Å². The van der Waals surface area contributed by atoms with Crippen molar-refractivity contribution < 1.29 is 4.42 Å². The second-order valence-corrected chi connectivity index (χ2v) is 4.84. The van der Waals surface area contributed by atoms with E-state index in [1.807, 2.05) is 18.2 Å². The molecule has 0 aliphatic carbocycles. The molecule has 2 heterocycles. The monoisotopic (exact) mass is 314 g/mol. The van der Waals surface area contributed by atoms with Gasteiger partial charge in [-0.05, 0) is 34.1 Å². The lowest BCUT2D eigenvalue weighted by Crippen LogP contribution is -1.99. The molecular weight excluding hydrogens is 304 g/mol. The molecule has 0 fully saturated rings. The lowest BCUT2D eigenvalue weighted by atomic mass is 10.3. The number of nitrogens with one attached hydrogen (secondary N) is 1. The van der Waals surface area contributed by atoms with Crippen molar-refractivity contribution in [1.82, 2.24) is 4.98 Å². The summed E-state index contributed by atoms with van der Waals surface area (Å²) in [6.07, 6.45) is 2.56. The van der Waals surface area contributed by atoms with E-state index in [9.17, 15) is 0 Å². The number of aromatic nitrogens is 1. The van der Waals surface area contributed by atoms with Crippen LogP contribution in [0.1, 0.15) is 18.4 Å². The Hall–Kier alpha value is -1.000. The van der Waals surface area contributed by atoms with Crippen LogP contribution in [0.2, 0.25) is 5.15 Å². The Morgan fingerprint density at radius 3 is 2.88 bits per heavy atom. The molecule has 90 valence electrons. The normalized spacial score (nSPS) is 10.5. The Kier molecular flexibility index (Phi) is 4.07. The minimum absolute atomic E-state index is 0.454. The van der Waals surface area contributed by atoms with Crippen LogP contribution in [0.4, 0.5) is 5.69 Å². The highest BCUT2D eigenvalue weighted by Gasteiger charge is 2.04.